The molecule has 1 amide bonds. The van der Waals surface area contributed by atoms with Gasteiger partial charge in [-0.25, -0.2) is 0 Å². The van der Waals surface area contributed by atoms with Crippen molar-refractivity contribution in [1.82, 2.24) is 0 Å². The molecule has 7 heteroatoms. The van der Waals surface area contributed by atoms with Gasteiger partial charge in [0.2, 0.25) is 5.91 Å². The average molecular weight is 410 g/mol. The number of benzene rings is 2. The molecule has 1 heterocycles. The zero-order valence-corrected chi connectivity index (χ0v) is 16.8. The summed E-state index contributed by atoms with van der Waals surface area (Å²) in [7, 11) is 0. The Morgan fingerprint density at radius 3 is 2.48 bits per heavy atom. The smallest absolute Gasteiger partial charge is 0.244 e. The highest BCUT2D eigenvalue weighted by atomic mass is 35.5. The van der Waals surface area contributed by atoms with Gasteiger partial charge in [-0.1, -0.05) is 41.9 Å². The Morgan fingerprint density at radius 2 is 1.85 bits per heavy atom. The Balaban J connectivity index is 0.00000261. The van der Waals surface area contributed by atoms with Crippen molar-refractivity contribution < 1.29 is 9.53 Å². The molecule has 1 atom stereocenters. The van der Waals surface area contributed by atoms with Crippen molar-refractivity contribution in [3.8, 4) is 0 Å². The number of ether oxygens (including phenoxy) is 1. The summed E-state index contributed by atoms with van der Waals surface area (Å²) in [6, 6.07) is 15.7. The van der Waals surface area contributed by atoms with Gasteiger partial charge in [0.1, 0.15) is 5.54 Å². The number of halogens is 2. The molecule has 5 nitrogen and oxygen atoms in total. The first-order valence-corrected chi connectivity index (χ1v) is 9.15. The van der Waals surface area contributed by atoms with Crippen LogP contribution in [0.15, 0.2) is 48.5 Å². The van der Waals surface area contributed by atoms with Crippen molar-refractivity contribution in [1.29, 1.82) is 0 Å². The molecule has 0 radical (unpaired) electrons. The minimum atomic E-state index is -0.885. The number of hydrogen-bond acceptors (Lipinski definition) is 4. The van der Waals surface area contributed by atoms with E-state index in [0.29, 0.717) is 36.8 Å². The molecule has 0 bridgehead atoms. The highest BCUT2D eigenvalue weighted by Crippen LogP contribution is 2.29. The second kappa shape index (κ2) is 9.42. The van der Waals surface area contributed by atoms with Crippen molar-refractivity contribution >= 4 is 41.3 Å². The van der Waals surface area contributed by atoms with E-state index >= 15 is 0 Å². The molecular weight excluding hydrogens is 385 g/mol. The lowest BCUT2D eigenvalue weighted by Crippen LogP contribution is -2.54. The molecule has 1 aliphatic heterocycles. The second-order valence-corrected chi connectivity index (χ2v) is 7.10. The summed E-state index contributed by atoms with van der Waals surface area (Å²) in [5.41, 5.74) is 7.95. The molecule has 3 rings (SSSR count). The average Bonchev–Trinajstić information content (AvgIpc) is 2.65. The third-order valence-electron chi connectivity index (χ3n) is 4.74. The molecule has 1 unspecified atom stereocenters. The van der Waals surface area contributed by atoms with Gasteiger partial charge in [-0.3, -0.25) is 4.79 Å². The predicted octanol–water partition coefficient (Wildman–Crippen LogP) is 4.38. The van der Waals surface area contributed by atoms with Crippen molar-refractivity contribution in [2.45, 2.75) is 31.3 Å². The van der Waals surface area contributed by atoms with Crippen LogP contribution in [0.4, 0.5) is 11.4 Å². The topological polar surface area (TPSA) is 76.4 Å². The minimum Gasteiger partial charge on any atom is -0.381 e. The van der Waals surface area contributed by atoms with Gasteiger partial charge in [0.05, 0.1) is 10.7 Å². The molecule has 0 spiro atoms. The van der Waals surface area contributed by atoms with E-state index in [1.54, 1.807) is 6.07 Å². The van der Waals surface area contributed by atoms with Crippen LogP contribution < -0.4 is 16.4 Å². The Kier molecular flexibility index (Phi) is 7.50. The van der Waals surface area contributed by atoms with E-state index in [-0.39, 0.29) is 24.4 Å². The monoisotopic (exact) mass is 409 g/mol. The molecule has 0 saturated carbocycles. The summed E-state index contributed by atoms with van der Waals surface area (Å²) in [4.78, 5) is 12.5. The van der Waals surface area contributed by atoms with Crippen molar-refractivity contribution in [3.63, 3.8) is 0 Å². The van der Waals surface area contributed by atoms with E-state index < -0.39 is 5.54 Å². The van der Waals surface area contributed by atoms with E-state index in [9.17, 15) is 4.79 Å². The molecule has 2 aromatic carbocycles. The van der Waals surface area contributed by atoms with E-state index in [1.807, 2.05) is 30.3 Å². The van der Waals surface area contributed by atoms with Crippen LogP contribution in [0.1, 0.15) is 31.4 Å². The lowest BCUT2D eigenvalue weighted by molar-refractivity contribution is -0.124. The maximum atomic E-state index is 12.5. The van der Waals surface area contributed by atoms with Gasteiger partial charge in [0.15, 0.2) is 0 Å². The Morgan fingerprint density at radius 1 is 1.19 bits per heavy atom. The summed E-state index contributed by atoms with van der Waals surface area (Å²) in [5, 5.41) is 6.81. The van der Waals surface area contributed by atoms with Crippen molar-refractivity contribution in [3.05, 3.63) is 59.1 Å². The van der Waals surface area contributed by atoms with E-state index in [1.165, 1.54) is 5.56 Å². The Hall–Kier alpha value is -1.79. The fourth-order valence-corrected chi connectivity index (χ4v) is 3.22. The van der Waals surface area contributed by atoms with Crippen LogP contribution in [0.5, 0.6) is 0 Å². The third-order valence-corrected chi connectivity index (χ3v) is 5.05. The predicted molar refractivity (Wildman–Crippen MR) is 113 cm³/mol. The van der Waals surface area contributed by atoms with Gasteiger partial charge in [0, 0.05) is 24.9 Å². The minimum absolute atomic E-state index is 0. The van der Waals surface area contributed by atoms with Crippen LogP contribution >= 0.6 is 24.0 Å². The summed E-state index contributed by atoms with van der Waals surface area (Å²) in [6.07, 6.45) is 1.03. The fraction of sp³-hybridized carbons (Fsp3) is 0.350. The number of rotatable bonds is 5. The summed E-state index contributed by atoms with van der Waals surface area (Å²) in [5.74, 6) is -0.199. The second-order valence-electron chi connectivity index (χ2n) is 6.69. The molecule has 4 N–H and O–H groups in total. The molecule has 146 valence electrons. The third kappa shape index (κ3) is 5.36. The van der Waals surface area contributed by atoms with Gasteiger partial charge >= 0.3 is 0 Å². The van der Waals surface area contributed by atoms with Crippen LogP contribution in [0.25, 0.3) is 0 Å². The maximum Gasteiger partial charge on any atom is 0.244 e. The zero-order valence-electron chi connectivity index (χ0n) is 15.2. The number of nitrogens with two attached hydrogens (primary N) is 1. The first-order valence-electron chi connectivity index (χ1n) is 8.77. The van der Waals surface area contributed by atoms with E-state index in [4.69, 9.17) is 22.1 Å². The lowest BCUT2D eigenvalue weighted by atomic mass is 9.90. The first kappa shape index (κ1) is 21.5. The molecule has 27 heavy (non-hydrogen) atoms. The molecule has 2 aromatic rings. The first-order chi connectivity index (χ1) is 12.5. The van der Waals surface area contributed by atoms with Crippen LogP contribution in [0.2, 0.25) is 5.02 Å². The maximum absolute atomic E-state index is 12.5. The number of nitrogens with one attached hydrogen (secondary N) is 2. The highest BCUT2D eigenvalue weighted by molar-refractivity contribution is 6.33. The molecular formula is C20H25Cl2N3O2. The summed E-state index contributed by atoms with van der Waals surface area (Å²) >= 11 is 6.40. The number of hydrogen-bond donors (Lipinski definition) is 3. The quantitative estimate of drug-likeness (QED) is 0.684. The number of carbonyl (C=O) groups is 1. The normalized spacial score (nSPS) is 16.7. The van der Waals surface area contributed by atoms with E-state index in [0.717, 1.165) is 5.69 Å². The standard InChI is InChI=1S/C20H24ClN3O2.ClH/c1-14(15-5-3-2-4-6-15)23-18-8-7-16(13-17(18)21)24-19(25)20(22)9-11-26-12-10-20;/h2-8,13-14,23H,9-12,22H2,1H3,(H,24,25);1H. The van der Waals surface area contributed by atoms with Crippen LogP contribution in [0.3, 0.4) is 0 Å². The Labute approximate surface area is 171 Å². The van der Waals surface area contributed by atoms with Gasteiger partial charge in [-0.15, -0.1) is 12.4 Å². The largest absolute Gasteiger partial charge is 0.381 e. The van der Waals surface area contributed by atoms with Crippen LogP contribution in [-0.4, -0.2) is 24.7 Å². The molecule has 0 aliphatic carbocycles. The fourth-order valence-electron chi connectivity index (χ4n) is 2.99. The van der Waals surface area contributed by atoms with Gasteiger partial charge in [-0.05, 0) is 43.5 Å². The summed E-state index contributed by atoms with van der Waals surface area (Å²) < 4.78 is 5.28. The van der Waals surface area contributed by atoms with Gasteiger partial charge < -0.3 is 21.1 Å². The van der Waals surface area contributed by atoms with Crippen molar-refractivity contribution in [2.75, 3.05) is 23.8 Å². The van der Waals surface area contributed by atoms with Gasteiger partial charge in [-0.2, -0.15) is 0 Å². The molecule has 0 aromatic heterocycles. The lowest BCUT2D eigenvalue weighted by Gasteiger charge is -2.31. The van der Waals surface area contributed by atoms with Crippen molar-refractivity contribution in [2.24, 2.45) is 5.73 Å². The van der Waals surface area contributed by atoms with E-state index in [2.05, 4.69) is 29.7 Å². The highest BCUT2D eigenvalue weighted by Gasteiger charge is 2.35. The van der Waals surface area contributed by atoms with Gasteiger partial charge in [0.25, 0.3) is 0 Å². The SMILES string of the molecule is CC(Nc1ccc(NC(=O)C2(N)CCOCC2)cc1Cl)c1ccccc1.Cl. The zero-order chi connectivity index (χ0) is 18.6. The number of anilines is 2. The Bertz CT molecular complexity index is 765. The summed E-state index contributed by atoms with van der Waals surface area (Å²) in [6.45, 7) is 3.08. The molecule has 1 fully saturated rings. The number of amides is 1. The molecule has 1 saturated heterocycles. The number of carbonyl (C=O) groups excluding carboxylic acids is 1. The molecule has 1 aliphatic rings. The van der Waals surface area contributed by atoms with Crippen LogP contribution in [-0.2, 0) is 9.53 Å². The van der Waals surface area contributed by atoms with Crippen LogP contribution in [0, 0.1) is 0 Å².